The lowest BCUT2D eigenvalue weighted by Gasteiger charge is -2.15. The van der Waals surface area contributed by atoms with Gasteiger partial charge in [-0.05, 0) is 60.5 Å². The van der Waals surface area contributed by atoms with Crippen molar-refractivity contribution in [2.75, 3.05) is 13.1 Å². The summed E-state index contributed by atoms with van der Waals surface area (Å²) in [5.74, 6) is -2.60. The number of thiophene rings is 1. The zero-order valence-electron chi connectivity index (χ0n) is 20.6. The van der Waals surface area contributed by atoms with Crippen molar-refractivity contribution < 1.29 is 8.78 Å². The number of benzene rings is 1. The first-order valence-corrected chi connectivity index (χ1v) is 13.3. The number of aryl methyl sites for hydroxylation is 1. The third-order valence-corrected chi connectivity index (χ3v) is 8.13. The molecule has 6 heterocycles. The van der Waals surface area contributed by atoms with E-state index in [4.69, 9.17) is 0 Å². The smallest absolute Gasteiger partial charge is 0.261 e. The van der Waals surface area contributed by atoms with E-state index in [1.165, 1.54) is 4.88 Å². The maximum absolute atomic E-state index is 13.6. The van der Waals surface area contributed by atoms with Crippen LogP contribution in [-0.2, 0) is 6.54 Å². The first-order chi connectivity index (χ1) is 18.4. The summed E-state index contributed by atoms with van der Waals surface area (Å²) in [4.78, 5) is 16.8. The van der Waals surface area contributed by atoms with Crippen LogP contribution in [0, 0.1) is 6.92 Å². The molecule has 190 valence electrons. The van der Waals surface area contributed by atoms with Gasteiger partial charge >= 0.3 is 0 Å². The van der Waals surface area contributed by atoms with Crippen molar-refractivity contribution in [2.45, 2.75) is 25.8 Å². The Hall–Kier alpha value is -3.95. The number of nitrogens with zero attached hydrogens (tertiary/aromatic N) is 4. The fourth-order valence-corrected chi connectivity index (χ4v) is 6.15. The van der Waals surface area contributed by atoms with Gasteiger partial charge < -0.3 is 4.98 Å². The Morgan fingerprint density at radius 3 is 2.68 bits per heavy atom. The number of H-pyrrole nitrogens is 2. The highest BCUT2D eigenvalue weighted by molar-refractivity contribution is 7.15. The molecule has 9 heteroatoms. The Morgan fingerprint density at radius 2 is 1.87 bits per heavy atom. The summed E-state index contributed by atoms with van der Waals surface area (Å²) in [5, 5.41) is 9.83. The monoisotopic (exact) mass is 526 g/mol. The van der Waals surface area contributed by atoms with Gasteiger partial charge in [0.2, 0.25) is 0 Å². The molecule has 0 spiro atoms. The van der Waals surface area contributed by atoms with Gasteiger partial charge in [0, 0.05) is 64.8 Å². The maximum atomic E-state index is 13.6. The molecule has 0 radical (unpaired) electrons. The molecule has 0 atom stereocenters. The molecule has 1 aromatic carbocycles. The van der Waals surface area contributed by atoms with E-state index in [0.717, 1.165) is 60.5 Å². The molecule has 6 nitrogen and oxygen atoms in total. The number of aromatic nitrogens is 5. The minimum Gasteiger partial charge on any atom is -0.353 e. The normalized spacial score (nSPS) is 15.7. The van der Waals surface area contributed by atoms with Crippen LogP contribution in [0.5, 0.6) is 0 Å². The van der Waals surface area contributed by atoms with Gasteiger partial charge in [-0.15, -0.1) is 11.3 Å². The molecular formula is C29H24F2N6S. The van der Waals surface area contributed by atoms with Crippen LogP contribution in [0.25, 0.3) is 54.9 Å². The van der Waals surface area contributed by atoms with Gasteiger partial charge in [-0.1, -0.05) is 6.07 Å². The van der Waals surface area contributed by atoms with Crippen LogP contribution in [0.2, 0.25) is 0 Å². The number of alkyl halides is 2. The fourth-order valence-electron chi connectivity index (χ4n) is 5.27. The van der Waals surface area contributed by atoms with Crippen molar-refractivity contribution >= 4 is 33.1 Å². The number of likely N-dealkylation sites (tertiary alicyclic amines) is 1. The van der Waals surface area contributed by atoms with E-state index in [2.05, 4.69) is 56.3 Å². The van der Waals surface area contributed by atoms with Gasteiger partial charge in [0.25, 0.3) is 5.92 Å². The topological polar surface area (TPSA) is 73.5 Å². The molecule has 38 heavy (non-hydrogen) atoms. The Morgan fingerprint density at radius 1 is 0.974 bits per heavy atom. The zero-order valence-corrected chi connectivity index (χ0v) is 21.4. The Kier molecular flexibility index (Phi) is 5.38. The van der Waals surface area contributed by atoms with Crippen LogP contribution >= 0.6 is 11.3 Å². The van der Waals surface area contributed by atoms with E-state index in [0.29, 0.717) is 13.1 Å². The fraction of sp³-hybridized carbons (Fsp3) is 0.207. The average molecular weight is 527 g/mol. The van der Waals surface area contributed by atoms with Crippen molar-refractivity contribution in [2.24, 2.45) is 0 Å². The zero-order chi connectivity index (χ0) is 25.9. The molecule has 1 aliphatic heterocycles. The molecule has 0 amide bonds. The lowest BCUT2D eigenvalue weighted by atomic mass is 10.0. The first kappa shape index (κ1) is 23.2. The molecule has 0 saturated carbocycles. The van der Waals surface area contributed by atoms with Crippen molar-refractivity contribution in [3.63, 3.8) is 0 Å². The van der Waals surface area contributed by atoms with E-state index in [-0.39, 0.29) is 13.0 Å². The highest BCUT2D eigenvalue weighted by Gasteiger charge is 2.37. The number of nitrogens with one attached hydrogen (secondary N) is 2. The maximum Gasteiger partial charge on any atom is 0.261 e. The van der Waals surface area contributed by atoms with Crippen LogP contribution in [0.4, 0.5) is 8.78 Å². The standard InChI is InChI=1S/C29H24F2N6S/c1-17-2-5-26(38-17)28-22-12-25(34-23(22)6-8-33-28)27-21-11-19(3-4-24(21)35-36-27)20-10-18(13-32-14-20)15-37-9-7-29(30,31)16-37/h2-6,8,10-14,34H,7,9,15-16H2,1H3,(H,35,36). The minimum atomic E-state index is -2.60. The Labute approximate surface area is 221 Å². The number of rotatable bonds is 5. The van der Waals surface area contributed by atoms with Gasteiger partial charge in [0.05, 0.1) is 28.3 Å². The highest BCUT2D eigenvalue weighted by Crippen LogP contribution is 2.36. The largest absolute Gasteiger partial charge is 0.353 e. The third-order valence-electron chi connectivity index (χ3n) is 7.12. The molecule has 1 saturated heterocycles. The average Bonchev–Trinajstić information content (AvgIpc) is 3.69. The van der Waals surface area contributed by atoms with Crippen LogP contribution in [0.15, 0.2) is 67.1 Å². The Bertz CT molecular complexity index is 1800. The summed E-state index contributed by atoms with van der Waals surface area (Å²) < 4.78 is 27.3. The van der Waals surface area contributed by atoms with E-state index in [1.54, 1.807) is 22.4 Å². The lowest BCUT2D eigenvalue weighted by Crippen LogP contribution is -2.24. The molecule has 0 bridgehead atoms. The van der Waals surface area contributed by atoms with Crippen molar-refractivity contribution in [1.82, 2.24) is 30.0 Å². The lowest BCUT2D eigenvalue weighted by molar-refractivity contribution is 0.0115. The van der Waals surface area contributed by atoms with Crippen molar-refractivity contribution in [3.8, 4) is 33.1 Å². The molecule has 5 aromatic heterocycles. The molecule has 1 aliphatic rings. The Balaban J connectivity index is 1.24. The van der Waals surface area contributed by atoms with Gasteiger partial charge in [-0.25, -0.2) is 8.78 Å². The third kappa shape index (κ3) is 4.17. The summed E-state index contributed by atoms with van der Waals surface area (Å²) >= 11 is 1.73. The SMILES string of the molecule is Cc1ccc(-c2nccc3[nH]c(-c4n[nH]c5ccc(-c6cncc(CN7CCC(F)(F)C7)c6)cc45)cc23)s1. The summed E-state index contributed by atoms with van der Waals surface area (Å²) in [6.45, 7) is 2.76. The predicted molar refractivity (Wildman–Crippen MR) is 147 cm³/mol. The number of hydrogen-bond acceptors (Lipinski definition) is 5. The van der Waals surface area contributed by atoms with Crippen LogP contribution in [-0.4, -0.2) is 49.1 Å². The molecule has 7 rings (SSSR count). The molecule has 0 aliphatic carbocycles. The quantitative estimate of drug-likeness (QED) is 0.253. The van der Waals surface area contributed by atoms with E-state index >= 15 is 0 Å². The number of aromatic amines is 2. The molecule has 6 aromatic rings. The first-order valence-electron chi connectivity index (χ1n) is 12.5. The summed E-state index contributed by atoms with van der Waals surface area (Å²) in [7, 11) is 0. The summed E-state index contributed by atoms with van der Waals surface area (Å²) in [6.07, 6.45) is 5.31. The summed E-state index contributed by atoms with van der Waals surface area (Å²) in [5.41, 5.74) is 7.50. The van der Waals surface area contributed by atoms with Crippen LogP contribution in [0.1, 0.15) is 16.9 Å². The number of fused-ring (bicyclic) bond motifs is 2. The van der Waals surface area contributed by atoms with Gasteiger partial charge in [-0.3, -0.25) is 20.0 Å². The number of pyridine rings is 2. The highest BCUT2D eigenvalue weighted by atomic mass is 32.1. The second-order valence-corrected chi connectivity index (χ2v) is 11.2. The second-order valence-electron chi connectivity index (χ2n) is 9.95. The van der Waals surface area contributed by atoms with Crippen molar-refractivity contribution in [3.05, 3.63) is 77.6 Å². The second kappa shape index (κ2) is 8.82. The van der Waals surface area contributed by atoms with Gasteiger partial charge in [0.1, 0.15) is 5.69 Å². The molecule has 0 unspecified atom stereocenters. The van der Waals surface area contributed by atoms with E-state index in [1.807, 2.05) is 36.7 Å². The number of hydrogen-bond donors (Lipinski definition) is 2. The van der Waals surface area contributed by atoms with Crippen molar-refractivity contribution in [1.29, 1.82) is 0 Å². The van der Waals surface area contributed by atoms with Crippen LogP contribution < -0.4 is 0 Å². The molecular weight excluding hydrogens is 502 g/mol. The molecule has 2 N–H and O–H groups in total. The van der Waals surface area contributed by atoms with Gasteiger partial charge in [0.15, 0.2) is 0 Å². The predicted octanol–water partition coefficient (Wildman–Crippen LogP) is 7.05. The van der Waals surface area contributed by atoms with Crippen LogP contribution in [0.3, 0.4) is 0 Å². The van der Waals surface area contributed by atoms with E-state index < -0.39 is 5.92 Å². The minimum absolute atomic E-state index is 0.0850. The molecule has 1 fully saturated rings. The summed E-state index contributed by atoms with van der Waals surface area (Å²) in [6, 6.07) is 16.5. The number of halogens is 2. The van der Waals surface area contributed by atoms with Gasteiger partial charge in [-0.2, -0.15) is 5.10 Å². The van der Waals surface area contributed by atoms with E-state index in [9.17, 15) is 8.78 Å².